The Hall–Kier alpha value is -9.97. The third-order valence-electron chi connectivity index (χ3n) is 12.6. The predicted octanol–water partition coefficient (Wildman–Crippen LogP) is 12.2. The minimum absolute atomic E-state index is 0.157. The molecule has 12 rings (SSSR count). The van der Waals surface area contributed by atoms with Crippen molar-refractivity contribution in [1.29, 1.82) is 0 Å². The number of nitrogens with zero attached hydrogens (tertiary/aromatic N) is 8. The molecule has 0 radical (unpaired) electrons. The first kappa shape index (κ1) is 62.1. The van der Waals surface area contributed by atoms with Crippen LogP contribution in [0.3, 0.4) is 0 Å². The number of anilines is 4. The molecule has 0 saturated heterocycles. The second kappa shape index (κ2) is 29.0. The molecule has 0 bridgehead atoms. The first-order valence-electron chi connectivity index (χ1n) is 27.3. The number of carboxylic acid groups (broad SMARTS) is 1. The monoisotopic (exact) mass is 1270 g/mol. The molecule has 0 unspecified atom stereocenters. The number of para-hydroxylation sites is 12. The molecule has 4 N–H and O–H groups in total. The molecule has 18 nitrogen and oxygen atoms in total. The van der Waals surface area contributed by atoms with Crippen LogP contribution < -0.4 is 30.9 Å². The molecule has 8 aromatic carbocycles. The number of amides is 4. The van der Waals surface area contributed by atoms with Crippen LogP contribution in [-0.2, 0) is 30.5 Å². The molecule has 12 aromatic rings. The number of halogens is 4. The maximum Gasteiger partial charge on any atom is 0.430 e. The third-order valence-corrected chi connectivity index (χ3v) is 12.6. The fourth-order valence-electron chi connectivity index (χ4n) is 8.95. The number of hydrogen-bond acceptors (Lipinski definition) is 13. The summed E-state index contributed by atoms with van der Waals surface area (Å²) >= 11 is 2.29. The molecule has 0 aliphatic heterocycles. The lowest BCUT2D eigenvalue weighted by Crippen LogP contribution is -2.37. The summed E-state index contributed by atoms with van der Waals surface area (Å²) < 4.78 is 35.0. The van der Waals surface area contributed by atoms with Crippen LogP contribution in [0.25, 0.3) is 88.3 Å². The summed E-state index contributed by atoms with van der Waals surface area (Å²) in [4.78, 5) is 92.4. The molecule has 436 valence electrons. The fourth-order valence-corrected chi connectivity index (χ4v) is 8.95. The van der Waals surface area contributed by atoms with Crippen molar-refractivity contribution in [3.05, 3.63) is 170 Å². The van der Waals surface area contributed by atoms with Gasteiger partial charge in [-0.15, -0.1) is 0 Å². The van der Waals surface area contributed by atoms with Gasteiger partial charge in [0.15, 0.2) is 5.52 Å². The van der Waals surface area contributed by atoms with Gasteiger partial charge in [-0.05, 0) is 103 Å². The normalized spacial score (nSPS) is 10.9. The van der Waals surface area contributed by atoms with Gasteiger partial charge in [-0.25, -0.2) is 34.9 Å². The van der Waals surface area contributed by atoms with Crippen LogP contribution >= 0.6 is 22.6 Å². The van der Waals surface area contributed by atoms with E-state index in [1.807, 2.05) is 153 Å². The summed E-state index contributed by atoms with van der Waals surface area (Å²) in [5.74, 6) is -4.25. The molecule has 0 aliphatic rings. The number of aryl methyl sites for hydroxylation is 1. The molecule has 4 heterocycles. The minimum atomic E-state index is -5.19. The molecular formula is C64H56F3IN12O6. The van der Waals surface area contributed by atoms with Crippen LogP contribution in [0.1, 0.15) is 53.4 Å². The van der Waals surface area contributed by atoms with Crippen LogP contribution in [0.5, 0.6) is 0 Å². The Morgan fingerprint density at radius 2 is 0.698 bits per heavy atom. The van der Waals surface area contributed by atoms with E-state index in [1.165, 1.54) is 4.43 Å². The molecule has 22 heteroatoms. The lowest BCUT2D eigenvalue weighted by Gasteiger charge is -2.10. The number of carbonyl (C=O) groups is 5. The van der Waals surface area contributed by atoms with Gasteiger partial charge in [0.05, 0.1) is 72.4 Å². The first-order chi connectivity index (χ1) is 41.6. The lowest BCUT2D eigenvalue weighted by atomic mass is 10.2. The Balaban J connectivity index is 0.000000189. The van der Waals surface area contributed by atoms with Gasteiger partial charge in [-0.3, -0.25) is 19.2 Å². The molecule has 4 aromatic heterocycles. The van der Waals surface area contributed by atoms with E-state index in [1.54, 1.807) is 24.3 Å². The highest BCUT2D eigenvalue weighted by Crippen LogP contribution is 2.28. The summed E-state index contributed by atoms with van der Waals surface area (Å²) in [5, 5.41) is 20.3. The number of nitrogens with one attached hydrogen (secondary N) is 4. The van der Waals surface area contributed by atoms with E-state index in [9.17, 15) is 32.3 Å². The Labute approximate surface area is 503 Å². The number of fused-ring (bicyclic) bond motifs is 8. The van der Waals surface area contributed by atoms with Crippen LogP contribution in [0.15, 0.2) is 170 Å². The Kier molecular flexibility index (Phi) is 21.0. The molecule has 0 atom stereocenters. The van der Waals surface area contributed by atoms with Crippen molar-refractivity contribution < 1.29 is 46.8 Å². The zero-order valence-electron chi connectivity index (χ0n) is 46.9. The third kappa shape index (κ3) is 15.4. The highest BCUT2D eigenvalue weighted by atomic mass is 127. The van der Waals surface area contributed by atoms with Crippen molar-refractivity contribution in [3.63, 3.8) is 0 Å². The van der Waals surface area contributed by atoms with E-state index in [4.69, 9.17) is 19.9 Å². The number of aliphatic carboxylic acids is 1. The van der Waals surface area contributed by atoms with Crippen molar-refractivity contribution in [3.8, 4) is 0 Å². The Morgan fingerprint density at radius 3 is 1.06 bits per heavy atom. The number of hydrogen-bond donors (Lipinski definition) is 4. The van der Waals surface area contributed by atoms with Crippen LogP contribution in [0, 0.1) is 0 Å². The average molecular weight is 1270 g/mol. The standard InChI is InChI=1S/C31H26N6O2.C27H18N6O2.C2HF3O2.C2H5I.C2H6/c1-2-37-26-16-6-5-12-22(26)36-31-25(15-8-17-27(31)37)34-29(39)19-9-18-28(38)33-24-14-7-13-23-30(24)35-21-11-4-3-10-20(21)32-23;34-24(30-22-13-5-11-20-26(22)32-18-9-3-1-7-16(18)28-20)15-25(35)31-23-14-6-12-21-27(23)33-19-10-4-2-8-17(19)29-21;3-2(4,5)1(6)7;1-2-3;1-2/h3-8,10-17H,2,9,18-19H2,1H3,(H,32,33,38);1-14H,15H2,(H,30,34)(H,31,35);(H,6,7);2H2,1H3;1-2H3. The topological polar surface area (TPSA) is 251 Å². The zero-order chi connectivity index (χ0) is 61.3. The van der Waals surface area contributed by atoms with Gasteiger partial charge in [0, 0.05) is 25.0 Å². The molecule has 0 saturated carbocycles. The van der Waals surface area contributed by atoms with Gasteiger partial charge < -0.3 is 31.2 Å². The van der Waals surface area contributed by atoms with Gasteiger partial charge in [0.1, 0.15) is 41.0 Å². The van der Waals surface area contributed by atoms with E-state index in [0.717, 1.165) is 61.7 Å². The predicted molar refractivity (Wildman–Crippen MR) is 336 cm³/mol. The smallest absolute Gasteiger partial charge is 0.430 e. The van der Waals surface area contributed by atoms with E-state index in [0.29, 0.717) is 62.3 Å². The number of alkyl halides is 4. The molecule has 4 amide bonds. The quantitative estimate of drug-likeness (QED) is 0.0310. The number of aromatic nitrogens is 8. The summed E-state index contributed by atoms with van der Waals surface area (Å²) in [5.41, 5.74) is 14.3. The fraction of sp³-hybridized carbons (Fsp3) is 0.172. The van der Waals surface area contributed by atoms with Gasteiger partial charge in [0.25, 0.3) is 0 Å². The molecule has 0 aliphatic carbocycles. The summed E-state index contributed by atoms with van der Waals surface area (Å²) in [6.45, 7) is 8.99. The van der Waals surface area contributed by atoms with Crippen LogP contribution in [0.4, 0.5) is 35.9 Å². The van der Waals surface area contributed by atoms with Crippen molar-refractivity contribution in [2.75, 3.05) is 25.7 Å². The maximum absolute atomic E-state index is 12.8. The zero-order valence-corrected chi connectivity index (χ0v) is 49.1. The van der Waals surface area contributed by atoms with Crippen LogP contribution in [-0.4, -0.2) is 75.1 Å². The molecule has 86 heavy (non-hydrogen) atoms. The van der Waals surface area contributed by atoms with Gasteiger partial charge in [-0.2, -0.15) is 17.7 Å². The second-order valence-corrected chi connectivity index (χ2v) is 20.0. The molecule has 0 spiro atoms. The highest BCUT2D eigenvalue weighted by Gasteiger charge is 2.29. The van der Waals surface area contributed by atoms with Gasteiger partial charge >= 0.3 is 6.18 Å². The molecular weight excluding hydrogens is 1220 g/mol. The van der Waals surface area contributed by atoms with E-state index < -0.39 is 24.0 Å². The number of carboxylic acids is 1. The summed E-state index contributed by atoms with van der Waals surface area (Å²) in [6.07, 6.45) is -4.73. The highest BCUT2D eigenvalue weighted by molar-refractivity contribution is 14.1. The van der Waals surface area contributed by atoms with Crippen molar-refractivity contribution in [2.45, 2.75) is 66.1 Å². The van der Waals surface area contributed by atoms with Gasteiger partial charge in [-0.1, -0.05) is 116 Å². The number of rotatable bonds is 11. The SMILES string of the molecule is CC.CCI.CC[n+]1c2ccccc2nc2c(NC(=O)CCCC(=O)Nc3cccc4nc5ccccc5nc34)cccc21.O=C(CC(=O)Nc1cccc2nc3ccccc3nc12)Nc1cccc2nc3ccccc3nc12.O=C([O-])C(F)(F)F. The Morgan fingerprint density at radius 1 is 0.419 bits per heavy atom. The largest absolute Gasteiger partial charge is 0.542 e. The first-order valence-corrected chi connectivity index (χ1v) is 28.8. The van der Waals surface area contributed by atoms with Crippen molar-refractivity contribution >= 4 is 163 Å². The maximum atomic E-state index is 12.8. The van der Waals surface area contributed by atoms with Gasteiger partial charge in [0.2, 0.25) is 34.7 Å². The van der Waals surface area contributed by atoms with Crippen LogP contribution in [0.2, 0.25) is 0 Å². The van der Waals surface area contributed by atoms with E-state index in [2.05, 4.69) is 93.3 Å². The molecule has 0 fully saturated rings. The Bertz CT molecular complexity index is 4350. The van der Waals surface area contributed by atoms with Crippen molar-refractivity contribution in [2.24, 2.45) is 0 Å². The van der Waals surface area contributed by atoms with E-state index >= 15 is 0 Å². The number of carbonyl (C=O) groups excluding carboxylic acids is 5. The second-order valence-electron chi connectivity index (χ2n) is 18.5. The lowest BCUT2D eigenvalue weighted by molar-refractivity contribution is -0.641. The number of benzene rings is 8. The van der Waals surface area contributed by atoms with Crippen molar-refractivity contribution in [1.82, 2.24) is 34.9 Å². The average Bonchev–Trinajstić information content (AvgIpc) is 1.24. The summed E-state index contributed by atoms with van der Waals surface area (Å²) in [6, 6.07) is 52.8. The van der Waals surface area contributed by atoms with E-state index in [-0.39, 0.29) is 31.1 Å². The summed E-state index contributed by atoms with van der Waals surface area (Å²) in [7, 11) is 0. The minimum Gasteiger partial charge on any atom is -0.542 e.